The van der Waals surface area contributed by atoms with Crippen molar-refractivity contribution in [3.05, 3.63) is 82.4 Å². The standard InChI is InChI=1S/C20H19N3O2/c1-14-8-10-17(11-9-14)22-19(24)13-23-15(2)21-18(12-20(23)25)16-6-4-3-5-7-16/h3-12H,13H2,1-2H3,(H,22,24). The van der Waals surface area contributed by atoms with Crippen molar-refractivity contribution in [3.63, 3.8) is 0 Å². The third-order valence-corrected chi connectivity index (χ3v) is 3.91. The number of rotatable bonds is 4. The smallest absolute Gasteiger partial charge is 0.254 e. The van der Waals surface area contributed by atoms with Gasteiger partial charge < -0.3 is 5.32 Å². The number of anilines is 1. The Morgan fingerprint density at radius 2 is 1.72 bits per heavy atom. The lowest BCUT2D eigenvalue weighted by atomic mass is 10.1. The fraction of sp³-hybridized carbons (Fsp3) is 0.150. The monoisotopic (exact) mass is 333 g/mol. The van der Waals surface area contributed by atoms with Crippen molar-refractivity contribution < 1.29 is 4.79 Å². The van der Waals surface area contributed by atoms with Crippen molar-refractivity contribution in [2.45, 2.75) is 20.4 Å². The molecule has 1 amide bonds. The average molecular weight is 333 g/mol. The fourth-order valence-electron chi connectivity index (χ4n) is 2.55. The number of carbonyl (C=O) groups excluding carboxylic acids is 1. The Morgan fingerprint density at radius 1 is 1.04 bits per heavy atom. The first-order valence-corrected chi connectivity index (χ1v) is 8.03. The Kier molecular flexibility index (Phi) is 4.75. The van der Waals surface area contributed by atoms with Crippen molar-refractivity contribution in [1.82, 2.24) is 9.55 Å². The Labute approximate surface area is 146 Å². The lowest BCUT2D eigenvalue weighted by Gasteiger charge is -2.11. The normalized spacial score (nSPS) is 10.5. The molecule has 25 heavy (non-hydrogen) atoms. The van der Waals surface area contributed by atoms with E-state index in [1.807, 2.05) is 61.5 Å². The van der Waals surface area contributed by atoms with Gasteiger partial charge >= 0.3 is 0 Å². The summed E-state index contributed by atoms with van der Waals surface area (Å²) >= 11 is 0. The van der Waals surface area contributed by atoms with E-state index in [4.69, 9.17) is 0 Å². The van der Waals surface area contributed by atoms with Crippen LogP contribution in [0, 0.1) is 13.8 Å². The highest BCUT2D eigenvalue weighted by atomic mass is 16.2. The highest BCUT2D eigenvalue weighted by Crippen LogP contribution is 2.15. The van der Waals surface area contributed by atoms with Gasteiger partial charge in [-0.1, -0.05) is 48.0 Å². The molecule has 0 fully saturated rings. The number of hydrogen-bond acceptors (Lipinski definition) is 3. The van der Waals surface area contributed by atoms with Gasteiger partial charge in [-0.15, -0.1) is 0 Å². The first-order chi connectivity index (χ1) is 12.0. The lowest BCUT2D eigenvalue weighted by Crippen LogP contribution is -2.29. The molecule has 0 aliphatic heterocycles. The quantitative estimate of drug-likeness (QED) is 0.797. The van der Waals surface area contributed by atoms with E-state index in [-0.39, 0.29) is 18.0 Å². The number of aromatic nitrogens is 2. The predicted octanol–water partition coefficient (Wildman–Crippen LogP) is 3.17. The molecule has 1 aromatic heterocycles. The van der Waals surface area contributed by atoms with Crippen LogP contribution in [0.15, 0.2) is 65.5 Å². The van der Waals surface area contributed by atoms with Gasteiger partial charge in [0.25, 0.3) is 5.56 Å². The molecule has 0 atom stereocenters. The van der Waals surface area contributed by atoms with Gasteiger partial charge in [0, 0.05) is 17.3 Å². The topological polar surface area (TPSA) is 64.0 Å². The third kappa shape index (κ3) is 4.01. The molecular weight excluding hydrogens is 314 g/mol. The minimum Gasteiger partial charge on any atom is -0.325 e. The van der Waals surface area contributed by atoms with Gasteiger partial charge in [-0.3, -0.25) is 14.2 Å². The fourth-order valence-corrected chi connectivity index (χ4v) is 2.55. The summed E-state index contributed by atoms with van der Waals surface area (Å²) in [5, 5.41) is 2.79. The van der Waals surface area contributed by atoms with E-state index in [1.165, 1.54) is 10.6 Å². The molecule has 0 aliphatic rings. The number of aryl methyl sites for hydroxylation is 2. The number of carbonyl (C=O) groups is 1. The lowest BCUT2D eigenvalue weighted by molar-refractivity contribution is -0.116. The van der Waals surface area contributed by atoms with Crippen molar-refractivity contribution in [1.29, 1.82) is 0 Å². The summed E-state index contributed by atoms with van der Waals surface area (Å²) in [6.45, 7) is 3.64. The summed E-state index contributed by atoms with van der Waals surface area (Å²) in [5.41, 5.74) is 3.06. The van der Waals surface area contributed by atoms with Gasteiger partial charge in [0.1, 0.15) is 12.4 Å². The second-order valence-corrected chi connectivity index (χ2v) is 5.89. The van der Waals surface area contributed by atoms with Crippen molar-refractivity contribution in [2.75, 3.05) is 5.32 Å². The third-order valence-electron chi connectivity index (χ3n) is 3.91. The SMILES string of the molecule is Cc1ccc(NC(=O)Cn2c(C)nc(-c3ccccc3)cc2=O)cc1. The van der Waals surface area contributed by atoms with Crippen LogP contribution in [0.2, 0.25) is 0 Å². The molecule has 5 heteroatoms. The molecule has 2 aromatic carbocycles. The molecule has 0 aliphatic carbocycles. The molecule has 0 unspecified atom stereocenters. The van der Waals surface area contributed by atoms with Crippen LogP contribution >= 0.6 is 0 Å². The van der Waals surface area contributed by atoms with E-state index in [0.717, 1.165) is 11.1 Å². The Morgan fingerprint density at radius 3 is 2.36 bits per heavy atom. The highest BCUT2D eigenvalue weighted by molar-refractivity contribution is 5.90. The van der Waals surface area contributed by atoms with Crippen LogP contribution in [0.4, 0.5) is 5.69 Å². The second kappa shape index (κ2) is 7.13. The van der Waals surface area contributed by atoms with Crippen LogP contribution in [0.3, 0.4) is 0 Å². The van der Waals surface area contributed by atoms with Crippen LogP contribution in [0.1, 0.15) is 11.4 Å². The van der Waals surface area contributed by atoms with Gasteiger partial charge in [-0.25, -0.2) is 4.98 Å². The molecule has 1 N–H and O–H groups in total. The van der Waals surface area contributed by atoms with Gasteiger partial charge in [0.05, 0.1) is 5.69 Å². The number of nitrogens with one attached hydrogen (secondary N) is 1. The van der Waals surface area contributed by atoms with E-state index >= 15 is 0 Å². The first kappa shape index (κ1) is 16.6. The van der Waals surface area contributed by atoms with Gasteiger partial charge in [0.15, 0.2) is 0 Å². The summed E-state index contributed by atoms with van der Waals surface area (Å²) in [6, 6.07) is 18.5. The van der Waals surface area contributed by atoms with Crippen LogP contribution in [-0.4, -0.2) is 15.5 Å². The number of benzene rings is 2. The Bertz CT molecular complexity index is 945. The van der Waals surface area contributed by atoms with Crippen molar-refractivity contribution in [3.8, 4) is 11.3 Å². The van der Waals surface area contributed by atoms with E-state index in [2.05, 4.69) is 10.3 Å². The van der Waals surface area contributed by atoms with Crippen LogP contribution in [0.25, 0.3) is 11.3 Å². The van der Waals surface area contributed by atoms with E-state index in [0.29, 0.717) is 17.2 Å². The molecule has 126 valence electrons. The predicted molar refractivity (Wildman–Crippen MR) is 98.5 cm³/mol. The van der Waals surface area contributed by atoms with Crippen molar-refractivity contribution >= 4 is 11.6 Å². The summed E-state index contributed by atoms with van der Waals surface area (Å²) in [5.74, 6) is 0.244. The highest BCUT2D eigenvalue weighted by Gasteiger charge is 2.11. The van der Waals surface area contributed by atoms with E-state index in [9.17, 15) is 9.59 Å². The van der Waals surface area contributed by atoms with Gasteiger partial charge in [0.2, 0.25) is 5.91 Å². The molecular formula is C20H19N3O2. The molecule has 0 saturated carbocycles. The maximum atomic E-state index is 12.4. The number of amides is 1. The molecule has 3 aromatic rings. The molecule has 1 heterocycles. The number of hydrogen-bond donors (Lipinski definition) is 1. The summed E-state index contributed by atoms with van der Waals surface area (Å²) in [6.07, 6.45) is 0. The van der Waals surface area contributed by atoms with Crippen LogP contribution in [0.5, 0.6) is 0 Å². The minimum absolute atomic E-state index is 0.0688. The zero-order valence-corrected chi connectivity index (χ0v) is 14.2. The van der Waals surface area contributed by atoms with Gasteiger partial charge in [-0.05, 0) is 26.0 Å². The summed E-state index contributed by atoms with van der Waals surface area (Å²) in [4.78, 5) is 29.1. The molecule has 0 radical (unpaired) electrons. The minimum atomic E-state index is -0.261. The van der Waals surface area contributed by atoms with Crippen molar-refractivity contribution in [2.24, 2.45) is 0 Å². The zero-order chi connectivity index (χ0) is 17.8. The van der Waals surface area contributed by atoms with Crippen LogP contribution in [-0.2, 0) is 11.3 Å². The molecule has 0 saturated heterocycles. The van der Waals surface area contributed by atoms with Crippen LogP contribution < -0.4 is 10.9 Å². The van der Waals surface area contributed by atoms with E-state index in [1.54, 1.807) is 6.92 Å². The zero-order valence-electron chi connectivity index (χ0n) is 14.2. The first-order valence-electron chi connectivity index (χ1n) is 8.03. The Balaban J connectivity index is 1.79. The molecule has 5 nitrogen and oxygen atoms in total. The average Bonchev–Trinajstić information content (AvgIpc) is 2.61. The maximum Gasteiger partial charge on any atom is 0.254 e. The molecule has 0 spiro atoms. The summed E-state index contributed by atoms with van der Waals surface area (Å²) < 4.78 is 1.37. The maximum absolute atomic E-state index is 12.4. The largest absolute Gasteiger partial charge is 0.325 e. The van der Waals surface area contributed by atoms with Gasteiger partial charge in [-0.2, -0.15) is 0 Å². The summed E-state index contributed by atoms with van der Waals surface area (Å²) in [7, 11) is 0. The number of nitrogens with zero attached hydrogens (tertiary/aromatic N) is 2. The molecule has 3 rings (SSSR count). The Hall–Kier alpha value is -3.21. The molecule has 0 bridgehead atoms. The van der Waals surface area contributed by atoms with E-state index < -0.39 is 0 Å². The second-order valence-electron chi connectivity index (χ2n) is 5.89.